The molecule has 5 heteroatoms. The molecule has 4 rings (SSSR count). The molecule has 2 aromatic carbocycles. The molecule has 1 aliphatic rings. The van der Waals surface area contributed by atoms with Gasteiger partial charge in [0.2, 0.25) is 5.91 Å². The topological polar surface area (TPSA) is 38.1 Å². The van der Waals surface area contributed by atoms with E-state index in [-0.39, 0.29) is 11.8 Å². The predicted molar refractivity (Wildman–Crippen MR) is 104 cm³/mol. The molecule has 130 valence electrons. The number of hydrogen-bond acceptors (Lipinski definition) is 2. The van der Waals surface area contributed by atoms with Crippen LogP contribution in [0, 0.1) is 19.3 Å². The molecule has 1 aromatic heterocycles. The van der Waals surface area contributed by atoms with Crippen LogP contribution in [0.2, 0.25) is 5.02 Å². The average molecular weight is 364 g/mol. The highest BCUT2D eigenvalue weighted by Gasteiger charge is 2.34. The first kappa shape index (κ1) is 16.7. The number of halogens is 1. The van der Waals surface area contributed by atoms with Gasteiger partial charge in [0.1, 0.15) is 5.82 Å². The molecule has 1 aliphatic heterocycles. The Hall–Kier alpha value is -2.77. The van der Waals surface area contributed by atoms with Crippen molar-refractivity contribution in [2.24, 2.45) is 0 Å². The number of fused-ring (bicyclic) bond motifs is 1. The maximum Gasteiger partial charge on any atom is 0.227 e. The number of benzene rings is 2. The number of imidazole rings is 1. The molecule has 1 atom stereocenters. The number of rotatable bonds is 3. The molecule has 0 radical (unpaired) electrons. The number of anilines is 1. The monoisotopic (exact) mass is 363 g/mol. The smallest absolute Gasteiger partial charge is 0.227 e. The van der Waals surface area contributed by atoms with Crippen molar-refractivity contribution in [1.29, 1.82) is 0 Å². The van der Waals surface area contributed by atoms with Crippen molar-refractivity contribution in [3.05, 3.63) is 58.9 Å². The van der Waals surface area contributed by atoms with E-state index in [2.05, 4.69) is 5.92 Å². The van der Waals surface area contributed by atoms with E-state index in [4.69, 9.17) is 23.0 Å². The number of carbonyl (C=O) groups excluding carboxylic acids is 1. The molecular weight excluding hydrogens is 346 g/mol. The summed E-state index contributed by atoms with van der Waals surface area (Å²) in [7, 11) is 0. The molecule has 1 fully saturated rings. The fourth-order valence-corrected chi connectivity index (χ4v) is 3.72. The van der Waals surface area contributed by atoms with E-state index < -0.39 is 0 Å². The summed E-state index contributed by atoms with van der Waals surface area (Å²) in [6.45, 7) is 2.96. The molecule has 1 saturated heterocycles. The van der Waals surface area contributed by atoms with Crippen LogP contribution in [-0.2, 0) is 11.3 Å². The second kappa shape index (κ2) is 6.51. The van der Waals surface area contributed by atoms with E-state index in [0.717, 1.165) is 28.1 Å². The van der Waals surface area contributed by atoms with Crippen LogP contribution in [0.4, 0.5) is 5.69 Å². The number of hydrogen-bond donors (Lipinski definition) is 0. The highest BCUT2D eigenvalue weighted by Crippen LogP contribution is 2.34. The highest BCUT2D eigenvalue weighted by atomic mass is 35.5. The van der Waals surface area contributed by atoms with E-state index in [1.165, 1.54) is 0 Å². The van der Waals surface area contributed by atoms with E-state index >= 15 is 0 Å². The molecule has 0 aliphatic carbocycles. The summed E-state index contributed by atoms with van der Waals surface area (Å²) in [5, 5.41) is 0.665. The molecule has 0 bridgehead atoms. The molecule has 1 amide bonds. The summed E-state index contributed by atoms with van der Waals surface area (Å²) in [4.78, 5) is 19.2. The first-order valence-electron chi connectivity index (χ1n) is 8.53. The minimum atomic E-state index is 0.00308. The van der Waals surface area contributed by atoms with Crippen molar-refractivity contribution in [1.82, 2.24) is 9.55 Å². The number of aromatic nitrogens is 2. The zero-order valence-corrected chi connectivity index (χ0v) is 15.2. The van der Waals surface area contributed by atoms with Gasteiger partial charge >= 0.3 is 0 Å². The molecule has 3 aromatic rings. The summed E-state index contributed by atoms with van der Waals surface area (Å²) in [6.07, 6.45) is 5.98. The fraction of sp³-hybridized carbons (Fsp3) is 0.238. The van der Waals surface area contributed by atoms with E-state index in [1.807, 2.05) is 54.0 Å². The Balaban J connectivity index is 1.71. The lowest BCUT2D eigenvalue weighted by Crippen LogP contribution is -2.24. The van der Waals surface area contributed by atoms with Gasteiger partial charge in [0.15, 0.2) is 0 Å². The fourth-order valence-electron chi connectivity index (χ4n) is 3.54. The second-order valence-corrected chi connectivity index (χ2v) is 7.00. The summed E-state index contributed by atoms with van der Waals surface area (Å²) < 4.78 is 2.04. The minimum absolute atomic E-state index is 0.00308. The van der Waals surface area contributed by atoms with Crippen molar-refractivity contribution in [3.8, 4) is 12.3 Å². The van der Waals surface area contributed by atoms with Gasteiger partial charge in [-0.15, -0.1) is 6.42 Å². The molecule has 26 heavy (non-hydrogen) atoms. The third kappa shape index (κ3) is 2.75. The maximum absolute atomic E-state index is 12.6. The van der Waals surface area contributed by atoms with Crippen LogP contribution >= 0.6 is 11.6 Å². The number of carbonyl (C=O) groups is 1. The zero-order valence-electron chi connectivity index (χ0n) is 14.4. The minimum Gasteiger partial charge on any atom is -0.316 e. The molecule has 0 saturated carbocycles. The number of aryl methyl sites for hydroxylation is 1. The normalized spacial score (nSPS) is 17.0. The van der Waals surface area contributed by atoms with Gasteiger partial charge in [-0.3, -0.25) is 4.79 Å². The Morgan fingerprint density at radius 1 is 1.31 bits per heavy atom. The SMILES string of the molecule is C#CCn1c(C2CC(=O)N(c3ccc(C)c(Cl)c3)C2)nc2ccccc21. The third-order valence-electron chi connectivity index (χ3n) is 4.89. The molecule has 4 nitrogen and oxygen atoms in total. The van der Waals surface area contributed by atoms with Crippen LogP contribution in [0.5, 0.6) is 0 Å². The largest absolute Gasteiger partial charge is 0.316 e. The standard InChI is InChI=1S/C21H18ClN3O/c1-3-10-24-19-7-5-4-6-18(19)23-21(24)15-11-20(26)25(13-15)16-9-8-14(2)17(22)12-16/h1,4-9,12,15H,10-11,13H2,2H3. The Kier molecular flexibility index (Phi) is 4.18. The van der Waals surface area contributed by atoms with Crippen molar-refractivity contribution >= 4 is 34.2 Å². The van der Waals surface area contributed by atoms with Crippen molar-refractivity contribution in [3.63, 3.8) is 0 Å². The third-order valence-corrected chi connectivity index (χ3v) is 5.30. The number of para-hydroxylation sites is 2. The van der Waals surface area contributed by atoms with Gasteiger partial charge in [0.05, 0.1) is 17.6 Å². The Labute approximate surface area is 157 Å². The molecular formula is C21H18ClN3O. The van der Waals surface area contributed by atoms with Gasteiger partial charge in [-0.1, -0.05) is 35.7 Å². The Morgan fingerprint density at radius 2 is 2.12 bits per heavy atom. The lowest BCUT2D eigenvalue weighted by atomic mass is 10.1. The summed E-state index contributed by atoms with van der Waals surface area (Å²) in [5.41, 5.74) is 3.73. The zero-order chi connectivity index (χ0) is 18.3. The maximum atomic E-state index is 12.6. The van der Waals surface area contributed by atoms with Gasteiger partial charge in [0.25, 0.3) is 0 Å². The molecule has 2 heterocycles. The van der Waals surface area contributed by atoms with Gasteiger partial charge < -0.3 is 9.47 Å². The van der Waals surface area contributed by atoms with E-state index in [9.17, 15) is 4.79 Å². The second-order valence-electron chi connectivity index (χ2n) is 6.59. The van der Waals surface area contributed by atoms with Gasteiger partial charge in [-0.25, -0.2) is 4.98 Å². The van der Waals surface area contributed by atoms with Gasteiger partial charge in [-0.05, 0) is 36.8 Å². The number of nitrogens with zero attached hydrogens (tertiary/aromatic N) is 3. The van der Waals surface area contributed by atoms with Gasteiger partial charge in [-0.2, -0.15) is 0 Å². The molecule has 1 unspecified atom stereocenters. The number of amides is 1. The lowest BCUT2D eigenvalue weighted by molar-refractivity contribution is -0.117. The van der Waals surface area contributed by atoms with Crippen LogP contribution in [0.25, 0.3) is 11.0 Å². The first-order chi connectivity index (χ1) is 12.6. The van der Waals surface area contributed by atoms with Crippen LogP contribution in [-0.4, -0.2) is 22.0 Å². The summed E-state index contributed by atoms with van der Waals surface area (Å²) in [6, 6.07) is 13.6. The van der Waals surface area contributed by atoms with Crippen molar-refractivity contribution in [2.75, 3.05) is 11.4 Å². The van der Waals surface area contributed by atoms with Crippen molar-refractivity contribution in [2.45, 2.75) is 25.8 Å². The first-order valence-corrected chi connectivity index (χ1v) is 8.91. The molecule has 0 N–H and O–H groups in total. The van der Waals surface area contributed by atoms with E-state index in [0.29, 0.717) is 24.5 Å². The van der Waals surface area contributed by atoms with E-state index in [1.54, 1.807) is 4.90 Å². The molecule has 0 spiro atoms. The number of terminal acetylenes is 1. The summed E-state index contributed by atoms with van der Waals surface area (Å²) in [5.74, 6) is 3.66. The average Bonchev–Trinajstić information content (AvgIpc) is 3.19. The van der Waals surface area contributed by atoms with Crippen molar-refractivity contribution < 1.29 is 4.79 Å². The van der Waals surface area contributed by atoms with Crippen LogP contribution < -0.4 is 4.90 Å². The van der Waals surface area contributed by atoms with Crippen LogP contribution in [0.1, 0.15) is 23.7 Å². The lowest BCUT2D eigenvalue weighted by Gasteiger charge is -2.18. The van der Waals surface area contributed by atoms with Crippen LogP contribution in [0.15, 0.2) is 42.5 Å². The summed E-state index contributed by atoms with van der Waals surface area (Å²) >= 11 is 6.24. The van der Waals surface area contributed by atoms with Gasteiger partial charge in [0, 0.05) is 29.6 Å². The quantitative estimate of drug-likeness (QED) is 0.655. The van der Waals surface area contributed by atoms with Crippen LogP contribution in [0.3, 0.4) is 0 Å². The predicted octanol–water partition coefficient (Wildman–Crippen LogP) is 4.15. The Morgan fingerprint density at radius 3 is 2.88 bits per heavy atom. The highest BCUT2D eigenvalue weighted by molar-refractivity contribution is 6.31. The Bertz CT molecular complexity index is 1050.